The largest absolute Gasteiger partial charge is 0.496 e. The number of carbonyl (C=O) groups excluding carboxylic acids is 1. The molecule has 0 aromatic heterocycles. The SMILES string of the molecule is COc1cc(C)ccc1C(=O)N/N=C\c1cc(Br)c(OCc2ccccc2)c(OC)c1. The summed E-state index contributed by atoms with van der Waals surface area (Å²) in [6.07, 6.45) is 1.53. The fourth-order valence-corrected chi connectivity index (χ4v) is 3.47. The topological polar surface area (TPSA) is 69.2 Å². The minimum atomic E-state index is -0.359. The molecule has 0 fully saturated rings. The number of nitrogens with one attached hydrogen (secondary N) is 1. The van der Waals surface area contributed by atoms with E-state index >= 15 is 0 Å². The van der Waals surface area contributed by atoms with Crippen molar-refractivity contribution in [3.8, 4) is 17.2 Å². The Hall–Kier alpha value is -3.32. The lowest BCUT2D eigenvalue weighted by Crippen LogP contribution is -2.18. The Kier molecular flexibility index (Phi) is 7.67. The molecule has 1 amide bonds. The summed E-state index contributed by atoms with van der Waals surface area (Å²) in [5.41, 5.74) is 5.72. The molecule has 0 spiro atoms. The molecule has 0 aliphatic heterocycles. The van der Waals surface area contributed by atoms with Gasteiger partial charge in [0.25, 0.3) is 5.91 Å². The highest BCUT2D eigenvalue weighted by molar-refractivity contribution is 9.10. The quantitative estimate of drug-likeness (QED) is 0.357. The van der Waals surface area contributed by atoms with Gasteiger partial charge in [-0.15, -0.1) is 0 Å². The molecule has 0 saturated heterocycles. The molecular weight excluding hydrogens is 460 g/mol. The summed E-state index contributed by atoms with van der Waals surface area (Å²) < 4.78 is 17.4. The lowest BCUT2D eigenvalue weighted by Gasteiger charge is -2.13. The van der Waals surface area contributed by atoms with E-state index in [9.17, 15) is 4.79 Å². The first-order chi connectivity index (χ1) is 15.0. The normalized spacial score (nSPS) is 10.7. The Labute approximate surface area is 190 Å². The molecule has 0 unspecified atom stereocenters. The van der Waals surface area contributed by atoms with Crippen molar-refractivity contribution in [1.82, 2.24) is 5.43 Å². The van der Waals surface area contributed by atoms with Crippen molar-refractivity contribution >= 4 is 28.1 Å². The summed E-state index contributed by atoms with van der Waals surface area (Å²) >= 11 is 3.53. The molecule has 0 atom stereocenters. The molecule has 0 bridgehead atoms. The number of carbonyl (C=O) groups is 1. The van der Waals surface area contributed by atoms with Crippen LogP contribution in [0.3, 0.4) is 0 Å². The Morgan fingerprint density at radius 3 is 2.48 bits per heavy atom. The lowest BCUT2D eigenvalue weighted by molar-refractivity contribution is 0.0952. The minimum absolute atomic E-state index is 0.359. The van der Waals surface area contributed by atoms with Gasteiger partial charge in [-0.25, -0.2) is 5.43 Å². The van der Waals surface area contributed by atoms with Gasteiger partial charge in [-0.1, -0.05) is 36.4 Å². The highest BCUT2D eigenvalue weighted by atomic mass is 79.9. The van der Waals surface area contributed by atoms with E-state index in [4.69, 9.17) is 14.2 Å². The second kappa shape index (κ2) is 10.6. The van der Waals surface area contributed by atoms with Gasteiger partial charge in [-0.2, -0.15) is 5.10 Å². The van der Waals surface area contributed by atoms with Crippen LogP contribution >= 0.6 is 15.9 Å². The third-order valence-electron chi connectivity index (χ3n) is 4.46. The average Bonchev–Trinajstić information content (AvgIpc) is 2.78. The number of aryl methyl sites for hydroxylation is 1. The van der Waals surface area contributed by atoms with Crippen molar-refractivity contribution in [2.45, 2.75) is 13.5 Å². The van der Waals surface area contributed by atoms with Crippen LogP contribution in [0.5, 0.6) is 17.2 Å². The molecule has 0 radical (unpaired) electrons. The first kappa shape index (κ1) is 22.4. The summed E-state index contributed by atoms with van der Waals surface area (Å²) in [5.74, 6) is 1.29. The van der Waals surface area contributed by atoms with Crippen molar-refractivity contribution in [1.29, 1.82) is 0 Å². The van der Waals surface area contributed by atoms with Gasteiger partial charge < -0.3 is 14.2 Å². The molecular formula is C24H23BrN2O4. The number of benzene rings is 3. The van der Waals surface area contributed by atoms with E-state index in [1.54, 1.807) is 25.3 Å². The fourth-order valence-electron chi connectivity index (χ4n) is 2.90. The van der Waals surface area contributed by atoms with Gasteiger partial charge in [0.2, 0.25) is 0 Å². The number of hydrogen-bond donors (Lipinski definition) is 1. The maximum Gasteiger partial charge on any atom is 0.275 e. The predicted molar refractivity (Wildman–Crippen MR) is 124 cm³/mol. The van der Waals surface area contributed by atoms with Crippen molar-refractivity contribution in [2.75, 3.05) is 14.2 Å². The van der Waals surface area contributed by atoms with Gasteiger partial charge in [-0.05, 0) is 63.8 Å². The highest BCUT2D eigenvalue weighted by Gasteiger charge is 2.13. The standard InChI is InChI=1S/C24H23BrN2O4/c1-16-9-10-19(21(11-16)29-2)24(28)27-26-14-18-12-20(25)23(22(13-18)30-3)31-15-17-7-5-4-6-8-17/h4-14H,15H2,1-3H3,(H,27,28)/b26-14-. The molecule has 0 saturated carbocycles. The van der Waals surface area contributed by atoms with E-state index < -0.39 is 0 Å². The lowest BCUT2D eigenvalue weighted by atomic mass is 10.1. The number of ether oxygens (including phenoxy) is 3. The smallest absolute Gasteiger partial charge is 0.275 e. The molecule has 1 N–H and O–H groups in total. The highest BCUT2D eigenvalue weighted by Crippen LogP contribution is 2.36. The van der Waals surface area contributed by atoms with Crippen molar-refractivity contribution in [3.63, 3.8) is 0 Å². The van der Waals surface area contributed by atoms with Crippen LogP contribution in [0.1, 0.15) is 27.0 Å². The molecule has 31 heavy (non-hydrogen) atoms. The van der Waals surface area contributed by atoms with Crippen LogP contribution in [0.2, 0.25) is 0 Å². The van der Waals surface area contributed by atoms with Crippen LogP contribution in [0.25, 0.3) is 0 Å². The number of amides is 1. The van der Waals surface area contributed by atoms with E-state index in [1.165, 1.54) is 13.3 Å². The molecule has 0 aliphatic carbocycles. The third kappa shape index (κ3) is 5.86. The van der Waals surface area contributed by atoms with Crippen LogP contribution in [0, 0.1) is 6.92 Å². The van der Waals surface area contributed by atoms with E-state index in [0.29, 0.717) is 29.4 Å². The fraction of sp³-hybridized carbons (Fsp3) is 0.167. The van der Waals surface area contributed by atoms with Crippen molar-refractivity contribution in [3.05, 3.63) is 87.4 Å². The van der Waals surface area contributed by atoms with Crippen molar-refractivity contribution < 1.29 is 19.0 Å². The maximum absolute atomic E-state index is 12.4. The summed E-state index contributed by atoms with van der Waals surface area (Å²) in [6, 6.07) is 18.8. The van der Waals surface area contributed by atoms with Crippen LogP contribution in [-0.2, 0) is 6.61 Å². The van der Waals surface area contributed by atoms with Gasteiger partial charge >= 0.3 is 0 Å². The van der Waals surface area contributed by atoms with Crippen LogP contribution in [0.15, 0.2) is 70.2 Å². The molecule has 6 nitrogen and oxygen atoms in total. The molecule has 3 aromatic rings. The zero-order chi connectivity index (χ0) is 22.2. The monoisotopic (exact) mass is 482 g/mol. The minimum Gasteiger partial charge on any atom is -0.496 e. The summed E-state index contributed by atoms with van der Waals surface area (Å²) in [6.45, 7) is 2.35. The number of hydrogen-bond acceptors (Lipinski definition) is 5. The molecule has 7 heteroatoms. The Bertz CT molecular complexity index is 1080. The van der Waals surface area contributed by atoms with Crippen LogP contribution in [-0.4, -0.2) is 26.3 Å². The number of methoxy groups -OCH3 is 2. The van der Waals surface area contributed by atoms with Crippen molar-refractivity contribution in [2.24, 2.45) is 5.10 Å². The van der Waals surface area contributed by atoms with Gasteiger partial charge in [0.1, 0.15) is 12.4 Å². The first-order valence-electron chi connectivity index (χ1n) is 9.54. The number of halogens is 1. The number of nitrogens with zero attached hydrogens (tertiary/aromatic N) is 1. The molecule has 160 valence electrons. The second-order valence-corrected chi connectivity index (χ2v) is 7.57. The van der Waals surface area contributed by atoms with E-state index in [-0.39, 0.29) is 5.91 Å². The first-order valence-corrected chi connectivity index (χ1v) is 10.3. The Balaban J connectivity index is 1.71. The zero-order valence-electron chi connectivity index (χ0n) is 17.5. The maximum atomic E-state index is 12.4. The van der Waals surface area contributed by atoms with E-state index in [0.717, 1.165) is 21.2 Å². The molecule has 3 aromatic carbocycles. The van der Waals surface area contributed by atoms with E-state index in [2.05, 4.69) is 26.5 Å². The van der Waals surface area contributed by atoms with Gasteiger partial charge in [0, 0.05) is 0 Å². The van der Waals surface area contributed by atoms with Crippen LogP contribution in [0.4, 0.5) is 0 Å². The van der Waals surface area contributed by atoms with Gasteiger partial charge in [0.05, 0.1) is 30.5 Å². The second-order valence-electron chi connectivity index (χ2n) is 6.71. The molecule has 0 heterocycles. The molecule has 3 rings (SSSR count). The van der Waals surface area contributed by atoms with Gasteiger partial charge in [-0.3, -0.25) is 4.79 Å². The summed E-state index contributed by atoms with van der Waals surface area (Å²) in [5, 5.41) is 4.06. The zero-order valence-corrected chi connectivity index (χ0v) is 19.1. The van der Waals surface area contributed by atoms with Crippen LogP contribution < -0.4 is 19.6 Å². The predicted octanol–water partition coefficient (Wildman–Crippen LogP) is 5.12. The average molecular weight is 483 g/mol. The van der Waals surface area contributed by atoms with Gasteiger partial charge in [0.15, 0.2) is 11.5 Å². The molecule has 0 aliphatic rings. The summed E-state index contributed by atoms with van der Waals surface area (Å²) in [7, 11) is 3.10. The summed E-state index contributed by atoms with van der Waals surface area (Å²) in [4.78, 5) is 12.4. The van der Waals surface area contributed by atoms with E-state index in [1.807, 2.05) is 49.4 Å². The third-order valence-corrected chi connectivity index (χ3v) is 5.05. The number of rotatable bonds is 8. The Morgan fingerprint density at radius 2 is 1.77 bits per heavy atom. The number of hydrazone groups is 1. The Morgan fingerprint density at radius 1 is 1.03 bits per heavy atom.